The lowest BCUT2D eigenvalue weighted by molar-refractivity contribution is -0.250. The summed E-state index contributed by atoms with van der Waals surface area (Å²) in [4.78, 5) is 10.3. The minimum Gasteiger partial charge on any atom is -0.390 e. The molecule has 0 aromatic heterocycles. The third-order valence-corrected chi connectivity index (χ3v) is 1.84. The van der Waals surface area contributed by atoms with Crippen LogP contribution >= 0.6 is 0 Å². The van der Waals surface area contributed by atoms with Crippen LogP contribution in [0.25, 0.3) is 0 Å². The number of hydrogen-bond donors (Lipinski definition) is 2. The van der Waals surface area contributed by atoms with E-state index in [2.05, 4.69) is 0 Å². The second-order valence-electron chi connectivity index (χ2n) is 2.71. The summed E-state index contributed by atoms with van der Waals surface area (Å²) >= 11 is 0. The number of methoxy groups -OCH3 is 1. The van der Waals surface area contributed by atoms with Gasteiger partial charge in [-0.25, -0.2) is 0 Å². The Morgan fingerprint density at radius 3 is 2.75 bits per heavy atom. The van der Waals surface area contributed by atoms with Crippen molar-refractivity contribution < 1.29 is 24.5 Å². The summed E-state index contributed by atoms with van der Waals surface area (Å²) in [6, 6.07) is 0. The van der Waals surface area contributed by atoms with E-state index < -0.39 is 24.6 Å². The van der Waals surface area contributed by atoms with Crippen molar-refractivity contribution >= 4 is 6.29 Å². The molecule has 1 heterocycles. The van der Waals surface area contributed by atoms with Gasteiger partial charge in [-0.3, -0.25) is 0 Å². The van der Waals surface area contributed by atoms with Crippen molar-refractivity contribution in [3.63, 3.8) is 0 Å². The van der Waals surface area contributed by atoms with Gasteiger partial charge in [-0.2, -0.15) is 0 Å². The van der Waals surface area contributed by atoms with Gasteiger partial charge in [0.25, 0.3) is 0 Å². The van der Waals surface area contributed by atoms with Crippen LogP contribution in [-0.4, -0.2) is 48.2 Å². The second-order valence-corrected chi connectivity index (χ2v) is 2.71. The van der Waals surface area contributed by atoms with E-state index in [-0.39, 0.29) is 6.42 Å². The zero-order valence-electron chi connectivity index (χ0n) is 6.71. The van der Waals surface area contributed by atoms with Crippen molar-refractivity contribution in [2.45, 2.75) is 31.0 Å². The van der Waals surface area contributed by atoms with E-state index >= 15 is 0 Å². The van der Waals surface area contributed by atoms with Crippen molar-refractivity contribution in [2.75, 3.05) is 7.11 Å². The third kappa shape index (κ3) is 1.81. The zero-order chi connectivity index (χ0) is 9.14. The largest absolute Gasteiger partial charge is 0.390 e. The SMILES string of the molecule is CO[C@H]1O[C@H](C=O)C[C@H](O)[C@@H]1O. The third-order valence-electron chi connectivity index (χ3n) is 1.84. The molecule has 0 saturated carbocycles. The van der Waals surface area contributed by atoms with Gasteiger partial charge >= 0.3 is 0 Å². The summed E-state index contributed by atoms with van der Waals surface area (Å²) in [5.41, 5.74) is 0. The van der Waals surface area contributed by atoms with E-state index in [1.807, 2.05) is 0 Å². The molecule has 1 aliphatic rings. The Balaban J connectivity index is 2.57. The molecule has 0 unspecified atom stereocenters. The van der Waals surface area contributed by atoms with Crippen molar-refractivity contribution in [3.05, 3.63) is 0 Å². The number of rotatable bonds is 2. The predicted octanol–water partition coefficient (Wildman–Crippen LogP) is -1.33. The Morgan fingerprint density at radius 1 is 1.58 bits per heavy atom. The van der Waals surface area contributed by atoms with Gasteiger partial charge in [-0.15, -0.1) is 0 Å². The molecule has 4 atom stereocenters. The lowest BCUT2D eigenvalue weighted by Gasteiger charge is -2.33. The Labute approximate surface area is 69.9 Å². The average Bonchev–Trinajstić information content (AvgIpc) is 2.09. The summed E-state index contributed by atoms with van der Waals surface area (Å²) in [5, 5.41) is 18.4. The molecular formula is C7H12O5. The zero-order valence-corrected chi connectivity index (χ0v) is 6.71. The van der Waals surface area contributed by atoms with Crippen molar-refractivity contribution in [1.29, 1.82) is 0 Å². The fourth-order valence-corrected chi connectivity index (χ4v) is 1.15. The van der Waals surface area contributed by atoms with E-state index in [4.69, 9.17) is 9.47 Å². The van der Waals surface area contributed by atoms with Crippen molar-refractivity contribution in [3.8, 4) is 0 Å². The number of aliphatic hydroxyl groups excluding tert-OH is 2. The molecule has 0 radical (unpaired) electrons. The van der Waals surface area contributed by atoms with Gasteiger partial charge in [0.1, 0.15) is 18.5 Å². The van der Waals surface area contributed by atoms with Gasteiger partial charge < -0.3 is 24.5 Å². The minimum absolute atomic E-state index is 0.116. The molecule has 12 heavy (non-hydrogen) atoms. The van der Waals surface area contributed by atoms with Crippen LogP contribution in [0.2, 0.25) is 0 Å². The van der Waals surface area contributed by atoms with Crippen molar-refractivity contribution in [1.82, 2.24) is 0 Å². The van der Waals surface area contributed by atoms with E-state index in [9.17, 15) is 15.0 Å². The summed E-state index contributed by atoms with van der Waals surface area (Å²) in [6.07, 6.45) is -2.94. The van der Waals surface area contributed by atoms with E-state index in [1.165, 1.54) is 7.11 Å². The normalized spacial score (nSPS) is 42.6. The molecule has 1 saturated heterocycles. The van der Waals surface area contributed by atoms with Crippen LogP contribution in [-0.2, 0) is 14.3 Å². The van der Waals surface area contributed by atoms with Crippen molar-refractivity contribution in [2.24, 2.45) is 0 Å². The number of aldehydes is 1. The molecule has 0 aliphatic carbocycles. The monoisotopic (exact) mass is 176 g/mol. The molecule has 0 spiro atoms. The number of hydrogen-bond acceptors (Lipinski definition) is 5. The highest BCUT2D eigenvalue weighted by Crippen LogP contribution is 2.19. The fourth-order valence-electron chi connectivity index (χ4n) is 1.15. The molecule has 70 valence electrons. The van der Waals surface area contributed by atoms with E-state index in [0.717, 1.165) is 0 Å². The second kappa shape index (κ2) is 3.95. The standard InChI is InChI=1S/C7H12O5/c1-11-7-6(10)5(9)2-4(3-8)12-7/h3-7,9-10H,2H2,1H3/t4-,5-,6-,7-/m0/s1. The molecule has 0 aromatic carbocycles. The molecule has 1 fully saturated rings. The number of carbonyl (C=O) groups excluding carboxylic acids is 1. The van der Waals surface area contributed by atoms with Gasteiger partial charge in [0.05, 0.1) is 6.10 Å². The quantitative estimate of drug-likeness (QED) is 0.510. The number of carbonyl (C=O) groups is 1. The lowest BCUT2D eigenvalue weighted by Crippen LogP contribution is -2.49. The Bertz CT molecular complexity index is 160. The fraction of sp³-hybridized carbons (Fsp3) is 0.857. The summed E-state index contributed by atoms with van der Waals surface area (Å²) < 4.78 is 9.68. The summed E-state index contributed by atoms with van der Waals surface area (Å²) in [5.74, 6) is 0. The molecule has 0 aromatic rings. The summed E-state index contributed by atoms with van der Waals surface area (Å²) in [7, 11) is 1.34. The Hall–Kier alpha value is -0.490. The minimum atomic E-state index is -1.08. The van der Waals surface area contributed by atoms with E-state index in [1.54, 1.807) is 0 Å². The first-order valence-corrected chi connectivity index (χ1v) is 3.68. The van der Waals surface area contributed by atoms with Gasteiger partial charge in [0.15, 0.2) is 6.29 Å². The maximum Gasteiger partial charge on any atom is 0.186 e. The van der Waals surface area contributed by atoms with Gasteiger partial charge in [0, 0.05) is 13.5 Å². The van der Waals surface area contributed by atoms with Crippen LogP contribution in [0.4, 0.5) is 0 Å². The molecular weight excluding hydrogens is 164 g/mol. The molecule has 1 aliphatic heterocycles. The first kappa shape index (κ1) is 9.60. The number of ether oxygens (including phenoxy) is 2. The number of aliphatic hydroxyl groups is 2. The molecule has 0 amide bonds. The van der Waals surface area contributed by atoms with E-state index in [0.29, 0.717) is 6.29 Å². The molecule has 1 rings (SSSR count). The van der Waals surface area contributed by atoms with Crippen LogP contribution in [0.3, 0.4) is 0 Å². The van der Waals surface area contributed by atoms with Crippen LogP contribution in [0.15, 0.2) is 0 Å². The molecule has 5 nitrogen and oxygen atoms in total. The maximum absolute atomic E-state index is 10.3. The van der Waals surface area contributed by atoms with Gasteiger partial charge in [0.2, 0.25) is 0 Å². The van der Waals surface area contributed by atoms with Crippen LogP contribution in [0, 0.1) is 0 Å². The molecule has 5 heteroatoms. The average molecular weight is 176 g/mol. The highest BCUT2D eigenvalue weighted by molar-refractivity contribution is 5.56. The van der Waals surface area contributed by atoms with Crippen LogP contribution < -0.4 is 0 Å². The maximum atomic E-state index is 10.3. The first-order valence-electron chi connectivity index (χ1n) is 3.68. The van der Waals surface area contributed by atoms with Gasteiger partial charge in [-0.1, -0.05) is 0 Å². The lowest BCUT2D eigenvalue weighted by atomic mass is 10.0. The van der Waals surface area contributed by atoms with Crippen LogP contribution in [0.1, 0.15) is 6.42 Å². The predicted molar refractivity (Wildman–Crippen MR) is 38.4 cm³/mol. The van der Waals surface area contributed by atoms with Crippen LogP contribution in [0.5, 0.6) is 0 Å². The van der Waals surface area contributed by atoms with Gasteiger partial charge in [-0.05, 0) is 0 Å². The topological polar surface area (TPSA) is 76.0 Å². The highest BCUT2D eigenvalue weighted by atomic mass is 16.7. The molecule has 0 bridgehead atoms. The smallest absolute Gasteiger partial charge is 0.186 e. The summed E-state index contributed by atoms with van der Waals surface area (Å²) in [6.45, 7) is 0. The highest BCUT2D eigenvalue weighted by Gasteiger charge is 2.36. The first-order chi connectivity index (χ1) is 5.69. The Kier molecular flexibility index (Phi) is 3.16. The Morgan fingerprint density at radius 2 is 2.25 bits per heavy atom. The molecule has 2 N–H and O–H groups in total.